The molecule has 0 amide bonds. The molecule has 5 heteroatoms. The van der Waals surface area contributed by atoms with Gasteiger partial charge in [-0.25, -0.2) is 0 Å². The Labute approximate surface area is 143 Å². The number of fused-ring (bicyclic) bond motifs is 1. The van der Waals surface area contributed by atoms with Crippen LogP contribution in [0.5, 0.6) is 0 Å². The number of anilines is 1. The van der Waals surface area contributed by atoms with Crippen molar-refractivity contribution in [3.8, 4) is 11.3 Å². The van der Waals surface area contributed by atoms with Crippen LogP contribution in [-0.4, -0.2) is 39.2 Å². The minimum absolute atomic E-state index is 0.606. The molecule has 4 nitrogen and oxygen atoms in total. The zero-order valence-corrected chi connectivity index (χ0v) is 14.6. The maximum Gasteiger partial charge on any atom is 0.0967 e. The fourth-order valence-corrected chi connectivity index (χ4v) is 3.89. The van der Waals surface area contributed by atoms with Gasteiger partial charge < -0.3 is 15.0 Å². The second kappa shape index (κ2) is 5.46. The number of H-pyrrole nitrogens is 1. The summed E-state index contributed by atoms with van der Waals surface area (Å²) in [7, 11) is -1.03. The molecular formula is C19H20N2O2S. The quantitative estimate of drug-likeness (QED) is 0.770. The summed E-state index contributed by atoms with van der Waals surface area (Å²) in [5, 5.41) is 11.2. The van der Waals surface area contributed by atoms with E-state index in [2.05, 4.69) is 28.1 Å². The van der Waals surface area contributed by atoms with Gasteiger partial charge in [0.1, 0.15) is 0 Å². The van der Waals surface area contributed by atoms with Gasteiger partial charge in [-0.1, -0.05) is 18.2 Å². The highest BCUT2D eigenvalue weighted by Gasteiger charge is 2.37. The van der Waals surface area contributed by atoms with Gasteiger partial charge in [-0.2, -0.15) is 0 Å². The second-order valence-electron chi connectivity index (χ2n) is 6.76. The molecule has 124 valence electrons. The highest BCUT2D eigenvalue weighted by atomic mass is 32.2. The van der Waals surface area contributed by atoms with Gasteiger partial charge in [-0.3, -0.25) is 4.21 Å². The van der Waals surface area contributed by atoms with E-state index in [1.54, 1.807) is 6.26 Å². The van der Waals surface area contributed by atoms with E-state index in [9.17, 15) is 9.32 Å². The van der Waals surface area contributed by atoms with Crippen LogP contribution in [0, 0.1) is 0 Å². The number of β-amino-alcohol motifs (C(OH)–C–C–N with tert-alkyl or cyclic N) is 1. The third-order valence-electron chi connectivity index (χ3n) is 4.52. The van der Waals surface area contributed by atoms with E-state index in [1.807, 2.05) is 37.3 Å². The largest absolute Gasteiger partial charge is 0.386 e. The lowest BCUT2D eigenvalue weighted by molar-refractivity contribution is 0.0311. The molecule has 0 radical (unpaired) electrons. The van der Waals surface area contributed by atoms with Crippen LogP contribution in [0.4, 0.5) is 5.69 Å². The molecule has 2 aromatic carbocycles. The zero-order valence-electron chi connectivity index (χ0n) is 13.7. The second-order valence-corrected chi connectivity index (χ2v) is 8.14. The van der Waals surface area contributed by atoms with Crippen LogP contribution in [0.25, 0.3) is 22.2 Å². The minimum atomic E-state index is -1.03. The summed E-state index contributed by atoms with van der Waals surface area (Å²) in [6.07, 6.45) is 1.69. The maximum atomic E-state index is 11.9. The first-order valence-electron chi connectivity index (χ1n) is 7.96. The molecule has 0 aliphatic carbocycles. The van der Waals surface area contributed by atoms with Gasteiger partial charge in [0.15, 0.2) is 0 Å². The molecule has 4 rings (SSSR count). The van der Waals surface area contributed by atoms with Crippen LogP contribution < -0.4 is 4.90 Å². The monoisotopic (exact) mass is 340 g/mol. The van der Waals surface area contributed by atoms with Gasteiger partial charge in [-0.05, 0) is 37.3 Å². The third kappa shape index (κ3) is 2.64. The lowest BCUT2D eigenvalue weighted by Crippen LogP contribution is -2.60. The van der Waals surface area contributed by atoms with E-state index in [-0.39, 0.29) is 0 Å². The third-order valence-corrected chi connectivity index (χ3v) is 5.44. The molecule has 0 bridgehead atoms. The van der Waals surface area contributed by atoms with Crippen LogP contribution in [0.3, 0.4) is 0 Å². The van der Waals surface area contributed by atoms with Gasteiger partial charge in [-0.15, -0.1) is 0 Å². The number of benzene rings is 2. The number of aromatic amines is 1. The molecule has 2 N–H and O–H groups in total. The summed E-state index contributed by atoms with van der Waals surface area (Å²) in [4.78, 5) is 6.42. The van der Waals surface area contributed by atoms with Crippen molar-refractivity contribution in [1.29, 1.82) is 0 Å². The van der Waals surface area contributed by atoms with Crippen LogP contribution in [0.2, 0.25) is 0 Å². The molecule has 1 aliphatic rings. The van der Waals surface area contributed by atoms with E-state index < -0.39 is 16.4 Å². The molecule has 1 saturated heterocycles. The fourth-order valence-electron chi connectivity index (χ4n) is 3.35. The molecule has 1 aliphatic heterocycles. The van der Waals surface area contributed by atoms with Crippen LogP contribution in [-0.2, 0) is 10.8 Å². The molecule has 1 atom stereocenters. The SMILES string of the molecule is C[S@@](=O)c1ccc(N2CC(C)(O)C2)c(-c2cc3ccccc3[nH]2)c1. The molecule has 0 saturated carbocycles. The number of hydrogen-bond donors (Lipinski definition) is 2. The Bertz CT molecular complexity index is 904. The molecule has 2 heterocycles. The average Bonchev–Trinajstić information content (AvgIpc) is 2.95. The van der Waals surface area contributed by atoms with Crippen molar-refractivity contribution in [1.82, 2.24) is 4.98 Å². The average molecular weight is 340 g/mol. The lowest BCUT2D eigenvalue weighted by Gasteiger charge is -2.46. The number of para-hydroxylation sites is 1. The van der Waals surface area contributed by atoms with Crippen LogP contribution in [0.15, 0.2) is 53.4 Å². The summed E-state index contributed by atoms with van der Waals surface area (Å²) in [6, 6.07) is 16.2. The number of rotatable bonds is 3. The predicted octanol–water partition coefficient (Wildman–Crippen LogP) is 3.14. The van der Waals surface area contributed by atoms with Crippen molar-refractivity contribution in [2.75, 3.05) is 24.2 Å². The normalized spacial score (nSPS) is 17.7. The number of aliphatic hydroxyl groups is 1. The number of nitrogens with zero attached hydrogens (tertiary/aromatic N) is 1. The van der Waals surface area contributed by atoms with E-state index in [4.69, 9.17) is 0 Å². The standard InChI is InChI=1S/C19H20N2O2S/c1-19(22)11-21(12-19)18-8-7-14(24(2)23)10-15(18)17-9-13-5-3-4-6-16(13)20-17/h3-10,20,22H,11-12H2,1-2H3/t24-/m1/s1. The summed E-state index contributed by atoms with van der Waals surface area (Å²) >= 11 is 0. The molecule has 0 unspecified atom stereocenters. The lowest BCUT2D eigenvalue weighted by atomic mass is 9.94. The van der Waals surface area contributed by atoms with E-state index >= 15 is 0 Å². The van der Waals surface area contributed by atoms with Gasteiger partial charge in [0.25, 0.3) is 0 Å². The van der Waals surface area contributed by atoms with Gasteiger partial charge in [0.2, 0.25) is 0 Å². The summed E-state index contributed by atoms with van der Waals surface area (Å²) in [6.45, 7) is 3.06. The van der Waals surface area contributed by atoms with Crippen molar-refractivity contribution in [3.63, 3.8) is 0 Å². The van der Waals surface area contributed by atoms with Crippen molar-refractivity contribution in [2.24, 2.45) is 0 Å². The highest BCUT2D eigenvalue weighted by Crippen LogP contribution is 2.37. The van der Waals surface area contributed by atoms with Gasteiger partial charge in [0.05, 0.1) is 5.60 Å². The molecule has 0 spiro atoms. The maximum absolute atomic E-state index is 11.9. The van der Waals surface area contributed by atoms with Crippen LogP contribution >= 0.6 is 0 Å². The summed E-state index contributed by atoms with van der Waals surface area (Å²) in [5.74, 6) is 0. The first-order valence-corrected chi connectivity index (χ1v) is 9.52. The topological polar surface area (TPSA) is 56.3 Å². The summed E-state index contributed by atoms with van der Waals surface area (Å²) < 4.78 is 11.9. The smallest absolute Gasteiger partial charge is 0.0967 e. The molecular weight excluding hydrogens is 320 g/mol. The van der Waals surface area contributed by atoms with Gasteiger partial charge in [0, 0.05) is 62.9 Å². The van der Waals surface area contributed by atoms with Crippen molar-refractivity contribution < 1.29 is 9.32 Å². The fraction of sp³-hybridized carbons (Fsp3) is 0.263. The highest BCUT2D eigenvalue weighted by molar-refractivity contribution is 7.84. The first-order chi connectivity index (χ1) is 11.4. The Morgan fingerprint density at radius 3 is 2.58 bits per heavy atom. The molecule has 1 fully saturated rings. The zero-order chi connectivity index (χ0) is 16.9. The Balaban J connectivity index is 1.84. The van der Waals surface area contributed by atoms with Gasteiger partial charge >= 0.3 is 0 Å². The number of hydrogen-bond acceptors (Lipinski definition) is 3. The Morgan fingerprint density at radius 1 is 1.17 bits per heavy atom. The van der Waals surface area contributed by atoms with Crippen molar-refractivity contribution >= 4 is 27.4 Å². The molecule has 3 aromatic rings. The van der Waals surface area contributed by atoms with E-state index in [0.29, 0.717) is 13.1 Å². The Morgan fingerprint density at radius 2 is 1.92 bits per heavy atom. The Kier molecular flexibility index (Phi) is 3.51. The van der Waals surface area contributed by atoms with E-state index in [0.717, 1.165) is 32.7 Å². The Hall–Kier alpha value is -2.11. The number of nitrogens with one attached hydrogen (secondary N) is 1. The first kappa shape index (κ1) is 15.4. The minimum Gasteiger partial charge on any atom is -0.386 e. The van der Waals surface area contributed by atoms with Crippen LogP contribution in [0.1, 0.15) is 6.92 Å². The predicted molar refractivity (Wildman–Crippen MR) is 98.9 cm³/mol. The number of aromatic nitrogens is 1. The van der Waals surface area contributed by atoms with Crippen molar-refractivity contribution in [3.05, 3.63) is 48.5 Å². The van der Waals surface area contributed by atoms with E-state index in [1.165, 1.54) is 0 Å². The molecule has 1 aromatic heterocycles. The molecule has 24 heavy (non-hydrogen) atoms. The summed E-state index contributed by atoms with van der Waals surface area (Å²) in [5.41, 5.74) is 3.53. The van der Waals surface area contributed by atoms with Crippen molar-refractivity contribution in [2.45, 2.75) is 17.4 Å².